The average molecular weight is 198 g/mol. The van der Waals surface area contributed by atoms with Crippen molar-refractivity contribution in [2.45, 2.75) is 0 Å². The van der Waals surface area contributed by atoms with Gasteiger partial charge in [0, 0.05) is 11.5 Å². The number of ether oxygens (including phenoxy) is 1. The molecule has 0 radical (unpaired) electrons. The Morgan fingerprint density at radius 2 is 2.13 bits per heavy atom. The minimum Gasteiger partial charge on any atom is -0.496 e. The molecule has 0 bridgehead atoms. The third kappa shape index (κ3) is 1.09. The summed E-state index contributed by atoms with van der Waals surface area (Å²) in [7, 11) is 1.69. The van der Waals surface area contributed by atoms with E-state index in [-0.39, 0.29) is 0 Å². The highest BCUT2D eigenvalue weighted by molar-refractivity contribution is 5.88. The molecule has 74 valence electrons. The van der Waals surface area contributed by atoms with Crippen molar-refractivity contribution in [2.75, 3.05) is 7.11 Å². The quantitative estimate of drug-likeness (QED) is 0.600. The van der Waals surface area contributed by atoms with Crippen LogP contribution in [0, 0.1) is 0 Å². The van der Waals surface area contributed by atoms with Crippen LogP contribution < -0.4 is 4.74 Å². The van der Waals surface area contributed by atoms with Crippen LogP contribution in [0.25, 0.3) is 16.4 Å². The van der Waals surface area contributed by atoms with Crippen LogP contribution in [0.3, 0.4) is 0 Å². The van der Waals surface area contributed by atoms with E-state index in [1.54, 1.807) is 7.11 Å². The second kappa shape index (κ2) is 2.98. The van der Waals surface area contributed by atoms with Gasteiger partial charge in [-0.25, -0.2) is 4.98 Å². The lowest BCUT2D eigenvalue weighted by Gasteiger charge is -2.07. The standard InChI is InChI=1S/C12H10N2O/c1-15-12-6-9-7-13-8-14(9)11-5-3-2-4-10(11)12/h2-8H,1H3. The van der Waals surface area contributed by atoms with E-state index in [0.717, 1.165) is 22.2 Å². The number of fused-ring (bicyclic) bond motifs is 3. The Morgan fingerprint density at radius 1 is 1.27 bits per heavy atom. The maximum absolute atomic E-state index is 5.36. The molecule has 3 heteroatoms. The molecule has 0 aliphatic rings. The molecular formula is C12H10N2O. The maximum atomic E-state index is 5.36. The largest absolute Gasteiger partial charge is 0.496 e. The Kier molecular flexibility index (Phi) is 1.65. The molecule has 0 spiro atoms. The maximum Gasteiger partial charge on any atom is 0.130 e. The highest BCUT2D eigenvalue weighted by Crippen LogP contribution is 2.27. The molecule has 0 fully saturated rings. The first-order valence-electron chi connectivity index (χ1n) is 4.78. The van der Waals surface area contributed by atoms with Gasteiger partial charge in [0.15, 0.2) is 0 Å². The Bertz CT molecular complexity index is 628. The number of hydrogen-bond donors (Lipinski definition) is 0. The summed E-state index contributed by atoms with van der Waals surface area (Å²) in [6.07, 6.45) is 3.64. The molecule has 0 saturated heterocycles. The van der Waals surface area contributed by atoms with Gasteiger partial charge in [0.25, 0.3) is 0 Å². The van der Waals surface area contributed by atoms with E-state index in [1.165, 1.54) is 0 Å². The minimum absolute atomic E-state index is 0.888. The zero-order chi connectivity index (χ0) is 10.3. The molecule has 1 aromatic carbocycles. The lowest BCUT2D eigenvalue weighted by atomic mass is 10.2. The fraction of sp³-hybridized carbons (Fsp3) is 0.0833. The summed E-state index contributed by atoms with van der Waals surface area (Å²) in [6, 6.07) is 10.1. The van der Waals surface area contributed by atoms with E-state index < -0.39 is 0 Å². The van der Waals surface area contributed by atoms with Crippen molar-refractivity contribution in [2.24, 2.45) is 0 Å². The van der Waals surface area contributed by atoms with Crippen LogP contribution in [-0.2, 0) is 0 Å². The summed E-state index contributed by atoms with van der Waals surface area (Å²) in [4.78, 5) is 4.13. The molecule has 0 aliphatic carbocycles. The number of hydrogen-bond acceptors (Lipinski definition) is 2. The predicted octanol–water partition coefficient (Wildman–Crippen LogP) is 2.50. The second-order valence-corrected chi connectivity index (χ2v) is 3.42. The molecule has 0 atom stereocenters. The van der Waals surface area contributed by atoms with Gasteiger partial charge in [-0.1, -0.05) is 12.1 Å². The van der Waals surface area contributed by atoms with Gasteiger partial charge in [0.1, 0.15) is 5.75 Å². The molecule has 2 heterocycles. The van der Waals surface area contributed by atoms with Gasteiger partial charge >= 0.3 is 0 Å². The van der Waals surface area contributed by atoms with Crippen molar-refractivity contribution in [3.63, 3.8) is 0 Å². The molecule has 2 aromatic heterocycles. The van der Waals surface area contributed by atoms with Crippen LogP contribution in [-0.4, -0.2) is 16.5 Å². The number of methoxy groups -OCH3 is 1. The van der Waals surface area contributed by atoms with Gasteiger partial charge in [-0.2, -0.15) is 0 Å². The highest BCUT2D eigenvalue weighted by Gasteiger charge is 2.05. The highest BCUT2D eigenvalue weighted by atomic mass is 16.5. The zero-order valence-electron chi connectivity index (χ0n) is 8.34. The van der Waals surface area contributed by atoms with Gasteiger partial charge in [0.2, 0.25) is 0 Å². The molecular weight excluding hydrogens is 188 g/mol. The monoisotopic (exact) mass is 198 g/mol. The van der Waals surface area contributed by atoms with E-state index in [9.17, 15) is 0 Å². The molecule has 0 amide bonds. The first-order chi connectivity index (χ1) is 7.40. The molecule has 0 aliphatic heterocycles. The normalized spacial score (nSPS) is 11.0. The van der Waals surface area contributed by atoms with Crippen molar-refractivity contribution in [3.05, 3.63) is 42.9 Å². The van der Waals surface area contributed by atoms with Crippen molar-refractivity contribution in [3.8, 4) is 5.75 Å². The summed E-state index contributed by atoms with van der Waals surface area (Å²) in [5.41, 5.74) is 2.16. The van der Waals surface area contributed by atoms with Crippen LogP contribution in [0.1, 0.15) is 0 Å². The van der Waals surface area contributed by atoms with Crippen LogP contribution in [0.5, 0.6) is 5.75 Å². The van der Waals surface area contributed by atoms with Crippen molar-refractivity contribution >= 4 is 16.4 Å². The molecule has 0 unspecified atom stereocenters. The van der Waals surface area contributed by atoms with E-state index in [2.05, 4.69) is 15.5 Å². The number of imidazole rings is 1. The molecule has 0 N–H and O–H groups in total. The zero-order valence-corrected chi connectivity index (χ0v) is 8.34. The SMILES string of the molecule is COc1cc2cncn2c2ccccc12. The number of para-hydroxylation sites is 1. The van der Waals surface area contributed by atoms with E-state index >= 15 is 0 Å². The van der Waals surface area contributed by atoms with Gasteiger partial charge in [-0.15, -0.1) is 0 Å². The fourth-order valence-electron chi connectivity index (χ4n) is 1.89. The number of benzene rings is 1. The predicted molar refractivity (Wildman–Crippen MR) is 59.3 cm³/mol. The van der Waals surface area contributed by atoms with Crippen molar-refractivity contribution in [1.82, 2.24) is 9.38 Å². The first kappa shape index (κ1) is 8.29. The van der Waals surface area contributed by atoms with Crippen molar-refractivity contribution in [1.29, 1.82) is 0 Å². The van der Waals surface area contributed by atoms with Gasteiger partial charge in [0.05, 0.1) is 30.7 Å². The fourth-order valence-corrected chi connectivity index (χ4v) is 1.89. The van der Waals surface area contributed by atoms with Gasteiger partial charge < -0.3 is 4.74 Å². The minimum atomic E-state index is 0.888. The second-order valence-electron chi connectivity index (χ2n) is 3.42. The number of pyridine rings is 1. The topological polar surface area (TPSA) is 26.5 Å². The Hall–Kier alpha value is -2.03. The molecule has 15 heavy (non-hydrogen) atoms. The van der Waals surface area contributed by atoms with E-state index in [4.69, 9.17) is 4.74 Å². The number of aromatic nitrogens is 2. The molecule has 3 rings (SSSR count). The van der Waals surface area contributed by atoms with Crippen molar-refractivity contribution < 1.29 is 4.74 Å². The van der Waals surface area contributed by atoms with E-state index in [1.807, 2.05) is 36.8 Å². The van der Waals surface area contributed by atoms with E-state index in [0.29, 0.717) is 0 Å². The number of rotatable bonds is 1. The van der Waals surface area contributed by atoms with Crippen LogP contribution >= 0.6 is 0 Å². The number of nitrogens with zero attached hydrogens (tertiary/aromatic N) is 2. The summed E-state index contributed by atoms with van der Waals surface area (Å²) in [5.74, 6) is 0.888. The summed E-state index contributed by atoms with van der Waals surface area (Å²) in [5, 5.41) is 1.10. The Morgan fingerprint density at radius 3 is 3.00 bits per heavy atom. The van der Waals surface area contributed by atoms with Gasteiger partial charge in [-0.3, -0.25) is 4.40 Å². The smallest absolute Gasteiger partial charge is 0.130 e. The Balaban J connectivity index is 2.58. The van der Waals surface area contributed by atoms with Crippen LogP contribution in [0.4, 0.5) is 0 Å². The summed E-state index contributed by atoms with van der Waals surface area (Å²) in [6.45, 7) is 0. The lowest BCUT2D eigenvalue weighted by molar-refractivity contribution is 0.420. The summed E-state index contributed by atoms with van der Waals surface area (Å²) >= 11 is 0. The first-order valence-corrected chi connectivity index (χ1v) is 4.78. The Labute approximate surface area is 86.9 Å². The lowest BCUT2D eigenvalue weighted by Crippen LogP contribution is -1.90. The third-order valence-corrected chi connectivity index (χ3v) is 2.60. The molecule has 0 saturated carbocycles. The molecule has 3 aromatic rings. The molecule has 3 nitrogen and oxygen atoms in total. The van der Waals surface area contributed by atoms with Crippen LogP contribution in [0.15, 0.2) is 42.9 Å². The summed E-state index contributed by atoms with van der Waals surface area (Å²) < 4.78 is 7.42. The van der Waals surface area contributed by atoms with Gasteiger partial charge in [-0.05, 0) is 12.1 Å². The van der Waals surface area contributed by atoms with Crippen LogP contribution in [0.2, 0.25) is 0 Å². The third-order valence-electron chi connectivity index (χ3n) is 2.60. The average Bonchev–Trinajstić information content (AvgIpc) is 2.76.